The third-order valence-corrected chi connectivity index (χ3v) is 5.95. The first kappa shape index (κ1) is 24.5. The lowest BCUT2D eigenvalue weighted by Gasteiger charge is -2.44. The van der Waals surface area contributed by atoms with E-state index in [2.05, 4.69) is 0 Å². The second kappa shape index (κ2) is 12.8. The highest BCUT2D eigenvalue weighted by Gasteiger charge is 2.46. The van der Waals surface area contributed by atoms with E-state index in [1.807, 2.05) is 91.0 Å². The van der Waals surface area contributed by atoms with E-state index in [0.29, 0.717) is 19.8 Å². The van der Waals surface area contributed by atoms with Gasteiger partial charge < -0.3 is 29.8 Å². The van der Waals surface area contributed by atoms with Gasteiger partial charge in [-0.2, -0.15) is 0 Å². The van der Waals surface area contributed by atoms with E-state index in [-0.39, 0.29) is 13.2 Å². The first-order valence-electron chi connectivity index (χ1n) is 11.7. The third kappa shape index (κ3) is 6.73. The normalized spacial score (nSPS) is 24.7. The Bertz CT molecular complexity index is 956. The standard InChI is InChI=1S/C28H33NO5/c29-16-24-27(32-18-22-12-6-2-7-13-22)28(33-19-23-14-8-3-9-15-23)26(30)25(34-24)20-31-17-21-10-4-1-5-11-21/h1-15,24-28,30H,16-20,29H2/t24-,25-,26-,27-,28+/m1/s1. The fourth-order valence-electron chi connectivity index (χ4n) is 4.12. The van der Waals surface area contributed by atoms with Crippen molar-refractivity contribution >= 4 is 0 Å². The Labute approximate surface area is 201 Å². The van der Waals surface area contributed by atoms with E-state index >= 15 is 0 Å². The SMILES string of the molecule is NC[C@H]1O[C@H](COCc2ccccc2)[C@@H](O)[C@H](OCc2ccccc2)[C@@H]1OCc1ccccc1. The van der Waals surface area contributed by atoms with Crippen molar-refractivity contribution in [3.63, 3.8) is 0 Å². The summed E-state index contributed by atoms with van der Waals surface area (Å²) >= 11 is 0. The molecular formula is C28H33NO5. The number of nitrogens with two attached hydrogens (primary N) is 1. The summed E-state index contributed by atoms with van der Waals surface area (Å²) in [4.78, 5) is 0. The summed E-state index contributed by atoms with van der Waals surface area (Å²) in [5.41, 5.74) is 9.18. The summed E-state index contributed by atoms with van der Waals surface area (Å²) in [6.07, 6.45) is -3.07. The molecule has 0 bridgehead atoms. The molecule has 0 aliphatic carbocycles. The zero-order valence-corrected chi connectivity index (χ0v) is 19.2. The van der Waals surface area contributed by atoms with E-state index in [9.17, 15) is 5.11 Å². The van der Waals surface area contributed by atoms with Gasteiger partial charge in [0.2, 0.25) is 0 Å². The number of rotatable bonds is 11. The number of hydrogen-bond donors (Lipinski definition) is 2. The molecule has 1 aliphatic heterocycles. The van der Waals surface area contributed by atoms with E-state index < -0.39 is 30.5 Å². The summed E-state index contributed by atoms with van der Waals surface area (Å²) < 4.78 is 24.5. The van der Waals surface area contributed by atoms with Crippen LogP contribution in [0, 0.1) is 0 Å². The maximum absolute atomic E-state index is 11.2. The van der Waals surface area contributed by atoms with Crippen LogP contribution in [-0.4, -0.2) is 48.8 Å². The Morgan fingerprint density at radius 2 is 1.12 bits per heavy atom. The van der Waals surface area contributed by atoms with E-state index in [1.165, 1.54) is 0 Å². The molecular weight excluding hydrogens is 430 g/mol. The minimum absolute atomic E-state index is 0.225. The minimum atomic E-state index is -0.928. The Hall–Kier alpha value is -2.58. The minimum Gasteiger partial charge on any atom is -0.387 e. The first-order chi connectivity index (χ1) is 16.7. The Morgan fingerprint density at radius 1 is 0.647 bits per heavy atom. The second-order valence-electron chi connectivity index (χ2n) is 8.46. The average molecular weight is 464 g/mol. The van der Waals surface area contributed by atoms with Crippen LogP contribution in [-0.2, 0) is 38.8 Å². The van der Waals surface area contributed by atoms with Crippen LogP contribution in [0.15, 0.2) is 91.0 Å². The van der Waals surface area contributed by atoms with Gasteiger partial charge in [0.1, 0.15) is 24.4 Å². The predicted molar refractivity (Wildman–Crippen MR) is 130 cm³/mol. The van der Waals surface area contributed by atoms with Crippen molar-refractivity contribution in [1.29, 1.82) is 0 Å². The van der Waals surface area contributed by atoms with Gasteiger partial charge in [-0.3, -0.25) is 0 Å². The number of aliphatic hydroxyl groups excluding tert-OH is 1. The van der Waals surface area contributed by atoms with E-state index in [0.717, 1.165) is 16.7 Å². The molecule has 0 unspecified atom stereocenters. The van der Waals surface area contributed by atoms with E-state index in [4.69, 9.17) is 24.7 Å². The number of aliphatic hydroxyl groups is 1. The number of hydrogen-bond acceptors (Lipinski definition) is 6. The molecule has 1 fully saturated rings. The molecule has 5 atom stereocenters. The molecule has 180 valence electrons. The van der Waals surface area contributed by atoms with Gasteiger partial charge in [-0.15, -0.1) is 0 Å². The first-order valence-corrected chi connectivity index (χ1v) is 11.7. The molecule has 0 radical (unpaired) electrons. The van der Waals surface area contributed by atoms with Crippen molar-refractivity contribution in [2.45, 2.75) is 50.3 Å². The summed E-state index contributed by atoms with van der Waals surface area (Å²) in [7, 11) is 0. The van der Waals surface area contributed by atoms with Crippen molar-refractivity contribution < 1.29 is 24.1 Å². The maximum atomic E-state index is 11.2. The maximum Gasteiger partial charge on any atom is 0.115 e. The Morgan fingerprint density at radius 3 is 1.62 bits per heavy atom. The monoisotopic (exact) mass is 463 g/mol. The molecule has 3 N–H and O–H groups in total. The summed E-state index contributed by atoms with van der Waals surface area (Å²) in [6.45, 7) is 1.63. The van der Waals surface area contributed by atoms with Crippen molar-refractivity contribution in [3.05, 3.63) is 108 Å². The molecule has 0 saturated carbocycles. The highest BCUT2D eigenvalue weighted by Crippen LogP contribution is 2.28. The van der Waals surface area contributed by atoms with E-state index in [1.54, 1.807) is 0 Å². The predicted octanol–water partition coefficient (Wildman–Crippen LogP) is 3.46. The van der Waals surface area contributed by atoms with Crippen LogP contribution in [0.3, 0.4) is 0 Å². The van der Waals surface area contributed by atoms with Crippen LogP contribution < -0.4 is 5.73 Å². The summed E-state index contributed by atoms with van der Waals surface area (Å²) in [6, 6.07) is 29.7. The van der Waals surface area contributed by atoms with Crippen molar-refractivity contribution in [3.8, 4) is 0 Å². The zero-order chi connectivity index (χ0) is 23.6. The smallest absolute Gasteiger partial charge is 0.115 e. The van der Waals surface area contributed by atoms with Gasteiger partial charge in [0.25, 0.3) is 0 Å². The molecule has 0 aromatic heterocycles. The van der Waals surface area contributed by atoms with Gasteiger partial charge >= 0.3 is 0 Å². The van der Waals surface area contributed by atoms with Gasteiger partial charge in [0, 0.05) is 6.54 Å². The topological polar surface area (TPSA) is 83.2 Å². The van der Waals surface area contributed by atoms with Crippen LogP contribution in [0.25, 0.3) is 0 Å². The number of ether oxygens (including phenoxy) is 4. The lowest BCUT2D eigenvalue weighted by molar-refractivity contribution is -0.258. The van der Waals surface area contributed by atoms with Crippen molar-refractivity contribution in [1.82, 2.24) is 0 Å². The fraction of sp³-hybridized carbons (Fsp3) is 0.357. The fourth-order valence-corrected chi connectivity index (χ4v) is 4.12. The van der Waals surface area contributed by atoms with Crippen molar-refractivity contribution in [2.75, 3.05) is 13.2 Å². The van der Waals surface area contributed by atoms with Crippen LogP contribution in [0.4, 0.5) is 0 Å². The third-order valence-electron chi connectivity index (χ3n) is 5.95. The van der Waals surface area contributed by atoms with Crippen LogP contribution in [0.2, 0.25) is 0 Å². The molecule has 4 rings (SSSR count). The van der Waals surface area contributed by atoms with Gasteiger partial charge in [-0.1, -0.05) is 91.0 Å². The van der Waals surface area contributed by atoms with Crippen LogP contribution >= 0.6 is 0 Å². The largest absolute Gasteiger partial charge is 0.387 e. The Balaban J connectivity index is 1.44. The van der Waals surface area contributed by atoms with Crippen LogP contribution in [0.5, 0.6) is 0 Å². The van der Waals surface area contributed by atoms with Crippen molar-refractivity contribution in [2.24, 2.45) is 5.73 Å². The second-order valence-corrected chi connectivity index (χ2v) is 8.46. The highest BCUT2D eigenvalue weighted by atomic mass is 16.6. The molecule has 0 amide bonds. The number of benzene rings is 3. The summed E-state index contributed by atoms with van der Waals surface area (Å²) in [5.74, 6) is 0. The van der Waals surface area contributed by atoms with Gasteiger partial charge in [-0.05, 0) is 16.7 Å². The molecule has 6 nitrogen and oxygen atoms in total. The Kier molecular flexibility index (Phi) is 9.21. The van der Waals surface area contributed by atoms with Gasteiger partial charge in [0.05, 0.1) is 32.5 Å². The molecule has 34 heavy (non-hydrogen) atoms. The highest BCUT2D eigenvalue weighted by molar-refractivity contribution is 5.15. The molecule has 1 saturated heterocycles. The average Bonchev–Trinajstić information content (AvgIpc) is 2.89. The van der Waals surface area contributed by atoms with Gasteiger partial charge in [-0.25, -0.2) is 0 Å². The lowest BCUT2D eigenvalue weighted by Crippen LogP contribution is -2.62. The molecule has 6 heteroatoms. The quantitative estimate of drug-likeness (QED) is 0.453. The molecule has 3 aromatic rings. The molecule has 1 heterocycles. The molecule has 0 spiro atoms. The lowest BCUT2D eigenvalue weighted by atomic mass is 9.94. The summed E-state index contributed by atoms with van der Waals surface area (Å²) in [5, 5.41) is 11.2. The van der Waals surface area contributed by atoms with Gasteiger partial charge in [0.15, 0.2) is 0 Å². The molecule has 1 aliphatic rings. The van der Waals surface area contributed by atoms with Crippen LogP contribution in [0.1, 0.15) is 16.7 Å². The molecule has 3 aromatic carbocycles. The zero-order valence-electron chi connectivity index (χ0n) is 19.2.